The molecule has 26 heavy (non-hydrogen) atoms. The highest BCUT2D eigenvalue weighted by molar-refractivity contribution is 5.88. The van der Waals surface area contributed by atoms with Gasteiger partial charge in [-0.25, -0.2) is 4.98 Å². The molecule has 0 aliphatic carbocycles. The molecule has 2 N–H and O–H groups in total. The Balaban J connectivity index is 1.56. The molecular weight excluding hydrogens is 332 g/mol. The minimum absolute atomic E-state index is 0.0868. The summed E-state index contributed by atoms with van der Waals surface area (Å²) in [6.45, 7) is 5.07. The highest BCUT2D eigenvalue weighted by Crippen LogP contribution is 2.16. The van der Waals surface area contributed by atoms with E-state index < -0.39 is 6.04 Å². The Hall–Kier alpha value is -2.74. The zero-order chi connectivity index (χ0) is 18.4. The fourth-order valence-electron chi connectivity index (χ4n) is 3.09. The van der Waals surface area contributed by atoms with E-state index in [1.54, 1.807) is 11.0 Å². The molecule has 1 atom stereocenters. The van der Waals surface area contributed by atoms with Crippen molar-refractivity contribution >= 4 is 11.8 Å². The van der Waals surface area contributed by atoms with Crippen LogP contribution in [0.25, 0.3) is 0 Å². The summed E-state index contributed by atoms with van der Waals surface area (Å²) in [5, 5.41) is 9.70. The van der Waals surface area contributed by atoms with Gasteiger partial charge in [0, 0.05) is 26.2 Å². The SMILES string of the molecule is Cc1ccccc1CN1CCNC(=O)[C@H]1CC(=O)NCCn1cncn1. The number of nitrogens with zero attached hydrogens (tertiary/aromatic N) is 4. The molecular formula is C18H24N6O2. The third kappa shape index (κ3) is 4.66. The summed E-state index contributed by atoms with van der Waals surface area (Å²) in [7, 11) is 0. The first kappa shape index (κ1) is 18.1. The van der Waals surface area contributed by atoms with Crippen LogP contribution in [0.15, 0.2) is 36.9 Å². The van der Waals surface area contributed by atoms with Gasteiger partial charge in [0.25, 0.3) is 0 Å². The maximum atomic E-state index is 12.3. The molecule has 2 heterocycles. The monoisotopic (exact) mass is 356 g/mol. The summed E-state index contributed by atoms with van der Waals surface area (Å²) in [5.74, 6) is -0.224. The molecule has 1 aromatic heterocycles. The van der Waals surface area contributed by atoms with Crippen molar-refractivity contribution in [2.45, 2.75) is 32.5 Å². The van der Waals surface area contributed by atoms with E-state index in [1.807, 2.05) is 12.1 Å². The molecule has 0 saturated carbocycles. The lowest BCUT2D eigenvalue weighted by atomic mass is 10.0. The second kappa shape index (κ2) is 8.57. The van der Waals surface area contributed by atoms with Crippen LogP contribution >= 0.6 is 0 Å². The van der Waals surface area contributed by atoms with Gasteiger partial charge in [0.1, 0.15) is 12.7 Å². The number of nitrogens with one attached hydrogen (secondary N) is 2. The molecule has 2 amide bonds. The Morgan fingerprint density at radius 3 is 3.00 bits per heavy atom. The smallest absolute Gasteiger partial charge is 0.237 e. The Morgan fingerprint density at radius 1 is 1.38 bits per heavy atom. The highest BCUT2D eigenvalue weighted by atomic mass is 16.2. The zero-order valence-electron chi connectivity index (χ0n) is 14.9. The fraction of sp³-hybridized carbons (Fsp3) is 0.444. The molecule has 0 radical (unpaired) electrons. The van der Waals surface area contributed by atoms with Crippen LogP contribution in [0.2, 0.25) is 0 Å². The van der Waals surface area contributed by atoms with Crippen LogP contribution in [-0.4, -0.2) is 57.2 Å². The Kier molecular flexibility index (Phi) is 5.96. The maximum Gasteiger partial charge on any atom is 0.237 e. The van der Waals surface area contributed by atoms with E-state index >= 15 is 0 Å². The third-order valence-electron chi connectivity index (χ3n) is 4.58. The van der Waals surface area contributed by atoms with Crippen molar-refractivity contribution in [2.75, 3.05) is 19.6 Å². The van der Waals surface area contributed by atoms with Crippen LogP contribution in [0.5, 0.6) is 0 Å². The summed E-state index contributed by atoms with van der Waals surface area (Å²) in [6.07, 6.45) is 3.21. The quantitative estimate of drug-likeness (QED) is 0.734. The van der Waals surface area contributed by atoms with E-state index in [-0.39, 0.29) is 18.2 Å². The molecule has 1 aromatic carbocycles. The third-order valence-corrected chi connectivity index (χ3v) is 4.58. The standard InChI is InChI=1S/C18H24N6O2/c1-14-4-2-3-5-15(14)11-23-8-6-21-18(26)16(23)10-17(25)20-7-9-24-13-19-12-22-24/h2-5,12-13,16H,6-11H2,1H3,(H,20,25)(H,21,26)/t16-/m1/s1. The van der Waals surface area contributed by atoms with E-state index in [9.17, 15) is 9.59 Å². The number of benzene rings is 1. The topological polar surface area (TPSA) is 92.2 Å². The van der Waals surface area contributed by atoms with Crippen molar-refractivity contribution in [3.05, 3.63) is 48.0 Å². The molecule has 138 valence electrons. The van der Waals surface area contributed by atoms with Crippen LogP contribution in [0.4, 0.5) is 0 Å². The molecule has 0 unspecified atom stereocenters. The zero-order valence-corrected chi connectivity index (χ0v) is 14.9. The number of aromatic nitrogens is 3. The van der Waals surface area contributed by atoms with E-state index in [0.717, 1.165) is 6.54 Å². The van der Waals surface area contributed by atoms with Crippen LogP contribution < -0.4 is 10.6 Å². The number of aryl methyl sites for hydroxylation is 1. The minimum atomic E-state index is -0.449. The van der Waals surface area contributed by atoms with Crippen molar-refractivity contribution in [1.29, 1.82) is 0 Å². The average molecular weight is 356 g/mol. The number of piperazine rings is 1. The summed E-state index contributed by atoms with van der Waals surface area (Å²) in [5.41, 5.74) is 2.37. The summed E-state index contributed by atoms with van der Waals surface area (Å²) in [6, 6.07) is 7.68. The molecule has 0 bridgehead atoms. The average Bonchev–Trinajstić information content (AvgIpc) is 3.13. The van der Waals surface area contributed by atoms with Crippen molar-refractivity contribution < 1.29 is 9.59 Å². The lowest BCUT2D eigenvalue weighted by Gasteiger charge is -2.35. The van der Waals surface area contributed by atoms with Crippen LogP contribution in [0.1, 0.15) is 17.5 Å². The van der Waals surface area contributed by atoms with Gasteiger partial charge in [-0.15, -0.1) is 0 Å². The van der Waals surface area contributed by atoms with E-state index in [2.05, 4.69) is 44.7 Å². The van der Waals surface area contributed by atoms with E-state index in [1.165, 1.54) is 17.5 Å². The van der Waals surface area contributed by atoms with Crippen molar-refractivity contribution in [3.8, 4) is 0 Å². The highest BCUT2D eigenvalue weighted by Gasteiger charge is 2.31. The van der Waals surface area contributed by atoms with Crippen molar-refractivity contribution in [2.24, 2.45) is 0 Å². The van der Waals surface area contributed by atoms with Crippen LogP contribution in [0.3, 0.4) is 0 Å². The molecule has 0 spiro atoms. The molecule has 1 aliphatic heterocycles. The Morgan fingerprint density at radius 2 is 2.23 bits per heavy atom. The van der Waals surface area contributed by atoms with Gasteiger partial charge in [0.15, 0.2) is 0 Å². The first-order chi connectivity index (χ1) is 12.6. The number of carbonyl (C=O) groups excluding carboxylic acids is 2. The molecule has 1 fully saturated rings. The normalized spacial score (nSPS) is 17.7. The fourth-order valence-corrected chi connectivity index (χ4v) is 3.09. The minimum Gasteiger partial charge on any atom is -0.354 e. The largest absolute Gasteiger partial charge is 0.354 e. The second-order valence-electron chi connectivity index (χ2n) is 6.42. The lowest BCUT2D eigenvalue weighted by Crippen LogP contribution is -2.56. The summed E-state index contributed by atoms with van der Waals surface area (Å²) < 4.78 is 1.65. The van der Waals surface area contributed by atoms with Gasteiger partial charge in [-0.1, -0.05) is 24.3 Å². The van der Waals surface area contributed by atoms with Crippen molar-refractivity contribution in [3.63, 3.8) is 0 Å². The maximum absolute atomic E-state index is 12.3. The lowest BCUT2D eigenvalue weighted by molar-refractivity contribution is -0.134. The van der Waals surface area contributed by atoms with Gasteiger partial charge >= 0.3 is 0 Å². The Bertz CT molecular complexity index is 746. The summed E-state index contributed by atoms with van der Waals surface area (Å²) >= 11 is 0. The van der Waals surface area contributed by atoms with Crippen LogP contribution in [0, 0.1) is 6.92 Å². The molecule has 3 rings (SSSR count). The first-order valence-corrected chi connectivity index (χ1v) is 8.79. The van der Waals surface area contributed by atoms with Gasteiger partial charge in [0.05, 0.1) is 19.0 Å². The molecule has 8 heteroatoms. The van der Waals surface area contributed by atoms with E-state index in [4.69, 9.17) is 0 Å². The number of hydrogen-bond donors (Lipinski definition) is 2. The predicted octanol–water partition coefficient (Wildman–Crippen LogP) is 0.0934. The first-order valence-electron chi connectivity index (χ1n) is 8.79. The number of amides is 2. The number of carbonyl (C=O) groups is 2. The van der Waals surface area contributed by atoms with Crippen molar-refractivity contribution in [1.82, 2.24) is 30.3 Å². The van der Waals surface area contributed by atoms with E-state index in [0.29, 0.717) is 26.2 Å². The molecule has 8 nitrogen and oxygen atoms in total. The van der Waals surface area contributed by atoms with Gasteiger partial charge in [-0.2, -0.15) is 5.10 Å². The van der Waals surface area contributed by atoms with Gasteiger partial charge < -0.3 is 10.6 Å². The number of hydrogen-bond acceptors (Lipinski definition) is 5. The molecule has 2 aromatic rings. The Labute approximate surface area is 152 Å². The van der Waals surface area contributed by atoms with Gasteiger partial charge in [0.2, 0.25) is 11.8 Å². The molecule has 1 saturated heterocycles. The molecule has 1 aliphatic rings. The van der Waals surface area contributed by atoms with Gasteiger partial charge in [-0.3, -0.25) is 19.2 Å². The van der Waals surface area contributed by atoms with Gasteiger partial charge in [-0.05, 0) is 18.1 Å². The summed E-state index contributed by atoms with van der Waals surface area (Å²) in [4.78, 5) is 30.5. The second-order valence-corrected chi connectivity index (χ2v) is 6.42. The predicted molar refractivity (Wildman–Crippen MR) is 96.0 cm³/mol. The van der Waals surface area contributed by atoms with Crippen LogP contribution in [-0.2, 0) is 22.7 Å². The number of rotatable bonds is 7.